The monoisotopic (exact) mass is 227 g/mol. The van der Waals surface area contributed by atoms with Gasteiger partial charge in [-0.25, -0.2) is 0 Å². The molecule has 0 fully saturated rings. The van der Waals surface area contributed by atoms with Crippen molar-refractivity contribution in [1.82, 2.24) is 15.4 Å². The summed E-state index contributed by atoms with van der Waals surface area (Å²) in [4.78, 5) is 0. The molecule has 0 amide bonds. The number of aromatic amines is 1. The van der Waals surface area contributed by atoms with Crippen LogP contribution in [0.1, 0.15) is 16.8 Å². The van der Waals surface area contributed by atoms with Crippen molar-refractivity contribution in [3.05, 3.63) is 47.3 Å². The minimum absolute atomic E-state index is 0.117. The Balaban J connectivity index is 2.34. The molecule has 2 rings (SSSR count). The standard InChI is InChI=1S/C10H8F3N3/c11-10(12,13)9-4-2-1-3-7(9)5-8-6-14-16-15-8/h1-4,6H,5H2,(H,14,15,16). The average molecular weight is 227 g/mol. The lowest BCUT2D eigenvalue weighted by Gasteiger charge is -2.11. The Bertz CT molecular complexity index is 462. The summed E-state index contributed by atoms with van der Waals surface area (Å²) >= 11 is 0. The normalized spacial score (nSPS) is 11.7. The van der Waals surface area contributed by atoms with Crippen LogP contribution in [-0.4, -0.2) is 15.4 Å². The Hall–Kier alpha value is -1.85. The predicted octanol–water partition coefficient (Wildman–Crippen LogP) is 2.41. The fraction of sp³-hybridized carbons (Fsp3) is 0.200. The number of H-pyrrole nitrogens is 1. The van der Waals surface area contributed by atoms with Gasteiger partial charge in [0.25, 0.3) is 0 Å². The van der Waals surface area contributed by atoms with E-state index in [0.717, 1.165) is 6.07 Å². The summed E-state index contributed by atoms with van der Waals surface area (Å²) < 4.78 is 37.9. The van der Waals surface area contributed by atoms with Gasteiger partial charge in [0.1, 0.15) is 0 Å². The largest absolute Gasteiger partial charge is 0.416 e. The van der Waals surface area contributed by atoms with Crippen molar-refractivity contribution in [2.75, 3.05) is 0 Å². The van der Waals surface area contributed by atoms with E-state index in [-0.39, 0.29) is 12.0 Å². The molecule has 1 N–H and O–H groups in total. The van der Waals surface area contributed by atoms with Crippen molar-refractivity contribution < 1.29 is 13.2 Å². The van der Waals surface area contributed by atoms with Gasteiger partial charge in [-0.15, -0.1) is 0 Å². The quantitative estimate of drug-likeness (QED) is 0.855. The van der Waals surface area contributed by atoms with Crippen molar-refractivity contribution in [1.29, 1.82) is 0 Å². The maximum Gasteiger partial charge on any atom is 0.416 e. The van der Waals surface area contributed by atoms with Gasteiger partial charge in [-0.2, -0.15) is 28.6 Å². The molecule has 0 spiro atoms. The SMILES string of the molecule is FC(F)(F)c1ccccc1Cc1cn[nH]n1. The van der Waals surface area contributed by atoms with Crippen LogP contribution in [0.3, 0.4) is 0 Å². The van der Waals surface area contributed by atoms with Crippen molar-refractivity contribution in [2.45, 2.75) is 12.6 Å². The summed E-state index contributed by atoms with van der Waals surface area (Å²) in [5.74, 6) is 0. The smallest absolute Gasteiger partial charge is 0.198 e. The molecular weight excluding hydrogens is 219 g/mol. The van der Waals surface area contributed by atoms with Gasteiger partial charge >= 0.3 is 6.18 Å². The molecule has 0 unspecified atom stereocenters. The molecule has 0 atom stereocenters. The minimum Gasteiger partial charge on any atom is -0.198 e. The molecule has 0 aliphatic rings. The molecule has 1 aromatic heterocycles. The number of nitrogens with zero attached hydrogens (tertiary/aromatic N) is 2. The highest BCUT2D eigenvalue weighted by Crippen LogP contribution is 2.32. The first-order chi connectivity index (χ1) is 7.57. The van der Waals surface area contributed by atoms with Crippen LogP contribution in [0.2, 0.25) is 0 Å². The van der Waals surface area contributed by atoms with Crippen molar-refractivity contribution in [3.63, 3.8) is 0 Å². The second-order valence-corrected chi connectivity index (χ2v) is 3.29. The van der Waals surface area contributed by atoms with E-state index in [1.165, 1.54) is 18.3 Å². The summed E-state index contributed by atoms with van der Waals surface area (Å²) in [7, 11) is 0. The maximum absolute atomic E-state index is 12.6. The van der Waals surface area contributed by atoms with Crippen LogP contribution in [0.25, 0.3) is 0 Å². The van der Waals surface area contributed by atoms with E-state index in [1.54, 1.807) is 6.07 Å². The van der Waals surface area contributed by atoms with Crippen LogP contribution in [0.5, 0.6) is 0 Å². The number of halogens is 3. The first-order valence-electron chi connectivity index (χ1n) is 4.57. The molecule has 0 bridgehead atoms. The molecule has 1 aromatic carbocycles. The number of rotatable bonds is 2. The van der Waals surface area contributed by atoms with Gasteiger partial charge in [-0.1, -0.05) is 18.2 Å². The molecule has 2 aromatic rings. The lowest BCUT2D eigenvalue weighted by atomic mass is 10.0. The number of benzene rings is 1. The third-order valence-electron chi connectivity index (χ3n) is 2.16. The van der Waals surface area contributed by atoms with Crippen molar-refractivity contribution in [3.8, 4) is 0 Å². The Labute approximate surface area is 89.3 Å². The van der Waals surface area contributed by atoms with Gasteiger partial charge in [0.05, 0.1) is 17.5 Å². The Morgan fingerprint density at radius 1 is 1.19 bits per heavy atom. The molecular formula is C10H8F3N3. The number of hydrogen-bond donors (Lipinski definition) is 1. The van der Waals surface area contributed by atoms with Crippen LogP contribution in [0, 0.1) is 0 Å². The van der Waals surface area contributed by atoms with Crippen LogP contribution in [0.15, 0.2) is 30.5 Å². The van der Waals surface area contributed by atoms with Crippen LogP contribution in [-0.2, 0) is 12.6 Å². The van der Waals surface area contributed by atoms with E-state index < -0.39 is 11.7 Å². The van der Waals surface area contributed by atoms with E-state index in [1.807, 2.05) is 0 Å². The third-order valence-corrected chi connectivity index (χ3v) is 2.16. The van der Waals surface area contributed by atoms with Crippen molar-refractivity contribution in [2.24, 2.45) is 0 Å². The summed E-state index contributed by atoms with van der Waals surface area (Å²) in [5.41, 5.74) is 0.0543. The lowest BCUT2D eigenvalue weighted by molar-refractivity contribution is -0.138. The number of nitrogens with one attached hydrogen (secondary N) is 1. The van der Waals surface area contributed by atoms with Crippen LogP contribution < -0.4 is 0 Å². The summed E-state index contributed by atoms with van der Waals surface area (Å²) in [6.07, 6.45) is -2.81. The molecule has 0 aliphatic heterocycles. The Morgan fingerprint density at radius 3 is 2.56 bits per heavy atom. The molecule has 0 saturated heterocycles. The fourth-order valence-electron chi connectivity index (χ4n) is 1.46. The molecule has 3 nitrogen and oxygen atoms in total. The van der Waals surface area contributed by atoms with E-state index in [9.17, 15) is 13.2 Å². The van der Waals surface area contributed by atoms with Crippen LogP contribution in [0.4, 0.5) is 13.2 Å². The first-order valence-corrected chi connectivity index (χ1v) is 4.57. The zero-order valence-electron chi connectivity index (χ0n) is 8.12. The fourth-order valence-corrected chi connectivity index (χ4v) is 1.46. The van der Waals surface area contributed by atoms with E-state index in [0.29, 0.717) is 5.69 Å². The summed E-state index contributed by atoms with van der Waals surface area (Å²) in [6, 6.07) is 5.45. The van der Waals surface area contributed by atoms with E-state index in [4.69, 9.17) is 0 Å². The van der Waals surface area contributed by atoms with Gasteiger partial charge in [0, 0.05) is 6.42 Å². The number of alkyl halides is 3. The maximum atomic E-state index is 12.6. The second-order valence-electron chi connectivity index (χ2n) is 3.29. The number of aromatic nitrogens is 3. The number of hydrogen-bond acceptors (Lipinski definition) is 2. The molecule has 1 heterocycles. The molecule has 6 heteroatoms. The van der Waals surface area contributed by atoms with Crippen molar-refractivity contribution >= 4 is 0 Å². The third kappa shape index (κ3) is 2.21. The van der Waals surface area contributed by atoms with Crippen LogP contribution >= 0.6 is 0 Å². The van der Waals surface area contributed by atoms with E-state index in [2.05, 4.69) is 15.4 Å². The molecule has 16 heavy (non-hydrogen) atoms. The van der Waals surface area contributed by atoms with Gasteiger partial charge in [-0.05, 0) is 11.6 Å². The highest BCUT2D eigenvalue weighted by Gasteiger charge is 2.32. The van der Waals surface area contributed by atoms with E-state index >= 15 is 0 Å². The average Bonchev–Trinajstić information content (AvgIpc) is 2.70. The van der Waals surface area contributed by atoms with Gasteiger partial charge in [0.15, 0.2) is 0 Å². The summed E-state index contributed by atoms with van der Waals surface area (Å²) in [5, 5.41) is 9.65. The topological polar surface area (TPSA) is 41.6 Å². The second kappa shape index (κ2) is 3.96. The molecule has 0 radical (unpaired) electrons. The first kappa shape index (κ1) is 10.7. The summed E-state index contributed by atoms with van der Waals surface area (Å²) in [6.45, 7) is 0. The highest BCUT2D eigenvalue weighted by atomic mass is 19.4. The molecule has 0 saturated carbocycles. The molecule has 84 valence electrons. The zero-order chi connectivity index (χ0) is 11.6. The van der Waals surface area contributed by atoms with Gasteiger partial charge in [-0.3, -0.25) is 0 Å². The molecule has 0 aliphatic carbocycles. The lowest BCUT2D eigenvalue weighted by Crippen LogP contribution is -2.09. The zero-order valence-corrected chi connectivity index (χ0v) is 8.12. The Morgan fingerprint density at radius 2 is 1.94 bits per heavy atom. The minimum atomic E-state index is -4.33. The Kier molecular flexibility index (Phi) is 2.64. The highest BCUT2D eigenvalue weighted by molar-refractivity contribution is 5.32. The van der Waals surface area contributed by atoms with Gasteiger partial charge < -0.3 is 0 Å². The van der Waals surface area contributed by atoms with Gasteiger partial charge in [0.2, 0.25) is 0 Å². The predicted molar refractivity (Wildman–Crippen MR) is 50.6 cm³/mol.